The van der Waals surface area contributed by atoms with Gasteiger partial charge in [0.25, 0.3) is 0 Å². The lowest BCUT2D eigenvalue weighted by atomic mass is 10.2. The van der Waals surface area contributed by atoms with Gasteiger partial charge in [-0.3, -0.25) is 4.79 Å². The van der Waals surface area contributed by atoms with Crippen LogP contribution in [-0.4, -0.2) is 63.4 Å². The molecular weight excluding hydrogens is 528 g/mol. The average Bonchev–Trinajstić information content (AvgIpc) is 3.34. The smallest absolute Gasteiger partial charge is 0.243 e. The number of thiazole rings is 1. The van der Waals surface area contributed by atoms with Crippen LogP contribution in [0.4, 0.5) is 5.13 Å². The molecule has 8 nitrogen and oxygen atoms in total. The van der Waals surface area contributed by atoms with E-state index in [4.69, 9.17) is 9.72 Å². The SMILES string of the molecule is CNC(=O)C1CN(c2nc(-c3ccc(Br)cc3)cs2)CCN1S(=O)(=O)c1ccc(OC)cc1. The first kappa shape index (κ1) is 23.7. The maximum Gasteiger partial charge on any atom is 0.243 e. The highest BCUT2D eigenvalue weighted by Crippen LogP contribution is 2.31. The molecule has 33 heavy (non-hydrogen) atoms. The van der Waals surface area contributed by atoms with Gasteiger partial charge in [-0.1, -0.05) is 28.1 Å². The number of carbonyl (C=O) groups excluding carboxylic acids is 1. The van der Waals surface area contributed by atoms with E-state index in [9.17, 15) is 13.2 Å². The molecule has 0 spiro atoms. The molecule has 1 unspecified atom stereocenters. The predicted octanol–water partition coefficient (Wildman–Crippen LogP) is 3.21. The maximum absolute atomic E-state index is 13.3. The number of benzene rings is 2. The zero-order chi connectivity index (χ0) is 23.6. The van der Waals surface area contributed by atoms with E-state index in [1.54, 1.807) is 12.1 Å². The monoisotopic (exact) mass is 550 g/mol. The van der Waals surface area contributed by atoms with Crippen LogP contribution in [0.5, 0.6) is 5.75 Å². The molecule has 3 aromatic rings. The van der Waals surface area contributed by atoms with Crippen LogP contribution < -0.4 is 15.0 Å². The van der Waals surface area contributed by atoms with Crippen molar-refractivity contribution in [3.8, 4) is 17.0 Å². The summed E-state index contributed by atoms with van der Waals surface area (Å²) >= 11 is 4.91. The number of methoxy groups -OCH3 is 1. The fourth-order valence-corrected chi connectivity index (χ4v) is 6.36. The lowest BCUT2D eigenvalue weighted by Crippen LogP contribution is -2.60. The molecule has 1 atom stereocenters. The number of anilines is 1. The summed E-state index contributed by atoms with van der Waals surface area (Å²) in [7, 11) is -0.843. The third-order valence-corrected chi connectivity index (χ3v) is 8.80. The summed E-state index contributed by atoms with van der Waals surface area (Å²) in [6.45, 7) is 0.804. The number of likely N-dealkylation sites (N-methyl/N-ethyl adjacent to an activating group) is 1. The van der Waals surface area contributed by atoms with Gasteiger partial charge in [0, 0.05) is 42.1 Å². The van der Waals surface area contributed by atoms with Crippen molar-refractivity contribution in [3.63, 3.8) is 0 Å². The van der Waals surface area contributed by atoms with Crippen LogP contribution in [0.1, 0.15) is 0 Å². The van der Waals surface area contributed by atoms with Crippen molar-refractivity contribution in [3.05, 3.63) is 58.4 Å². The zero-order valence-corrected chi connectivity index (χ0v) is 21.3. The van der Waals surface area contributed by atoms with E-state index in [2.05, 4.69) is 21.2 Å². The maximum atomic E-state index is 13.3. The molecule has 1 aliphatic rings. The number of amides is 1. The van der Waals surface area contributed by atoms with Gasteiger partial charge in [0.05, 0.1) is 17.7 Å². The van der Waals surface area contributed by atoms with Crippen molar-refractivity contribution in [2.75, 3.05) is 38.7 Å². The number of hydrogen-bond acceptors (Lipinski definition) is 7. The number of sulfonamides is 1. The molecule has 174 valence electrons. The van der Waals surface area contributed by atoms with Gasteiger partial charge in [0.1, 0.15) is 11.8 Å². The number of aromatic nitrogens is 1. The van der Waals surface area contributed by atoms with Gasteiger partial charge in [-0.25, -0.2) is 13.4 Å². The molecule has 1 N–H and O–H groups in total. The van der Waals surface area contributed by atoms with E-state index in [0.717, 1.165) is 20.9 Å². The van der Waals surface area contributed by atoms with Crippen molar-refractivity contribution in [1.29, 1.82) is 0 Å². The van der Waals surface area contributed by atoms with Gasteiger partial charge >= 0.3 is 0 Å². The second-order valence-corrected chi connectivity index (χ2v) is 11.0. The van der Waals surface area contributed by atoms with E-state index in [1.807, 2.05) is 34.5 Å². The average molecular weight is 551 g/mol. The third kappa shape index (κ3) is 4.91. The number of rotatable bonds is 6. The summed E-state index contributed by atoms with van der Waals surface area (Å²) in [5.41, 5.74) is 1.83. The van der Waals surface area contributed by atoms with Crippen LogP contribution in [-0.2, 0) is 14.8 Å². The molecule has 4 rings (SSSR count). The Hall–Kier alpha value is -2.47. The highest BCUT2D eigenvalue weighted by atomic mass is 79.9. The lowest BCUT2D eigenvalue weighted by Gasteiger charge is -2.39. The molecule has 2 heterocycles. The van der Waals surface area contributed by atoms with Crippen molar-refractivity contribution in [1.82, 2.24) is 14.6 Å². The first-order valence-electron chi connectivity index (χ1n) is 10.2. The standard InChI is InChI=1S/C22H23BrN4O4S2/c1-24-21(28)20-13-26(22-25-19(14-32-22)15-3-5-16(23)6-4-15)11-12-27(20)33(29,30)18-9-7-17(31-2)8-10-18/h3-10,14,20H,11-13H2,1-2H3,(H,24,28). The van der Waals surface area contributed by atoms with Crippen molar-refractivity contribution >= 4 is 48.3 Å². The van der Waals surface area contributed by atoms with Crippen LogP contribution in [0.3, 0.4) is 0 Å². The van der Waals surface area contributed by atoms with E-state index >= 15 is 0 Å². The summed E-state index contributed by atoms with van der Waals surface area (Å²) in [6.07, 6.45) is 0. The second-order valence-electron chi connectivity index (χ2n) is 7.39. The van der Waals surface area contributed by atoms with E-state index in [1.165, 1.54) is 41.9 Å². The Kier molecular flexibility index (Phi) is 7.03. The van der Waals surface area contributed by atoms with Crippen molar-refractivity contribution in [2.24, 2.45) is 0 Å². The summed E-state index contributed by atoms with van der Waals surface area (Å²) in [4.78, 5) is 19.5. The van der Waals surface area contributed by atoms with Gasteiger partial charge in [-0.15, -0.1) is 11.3 Å². The quantitative estimate of drug-likeness (QED) is 0.506. The van der Waals surface area contributed by atoms with Gasteiger partial charge in [-0.05, 0) is 36.4 Å². The number of hydrogen-bond donors (Lipinski definition) is 1. The summed E-state index contributed by atoms with van der Waals surface area (Å²) in [5.74, 6) is 0.202. The first-order valence-corrected chi connectivity index (χ1v) is 13.3. The predicted molar refractivity (Wildman–Crippen MR) is 132 cm³/mol. The van der Waals surface area contributed by atoms with Crippen LogP contribution in [0, 0.1) is 0 Å². The molecule has 11 heteroatoms. The minimum absolute atomic E-state index is 0.123. The number of halogens is 1. The topological polar surface area (TPSA) is 91.8 Å². The van der Waals surface area contributed by atoms with Gasteiger partial charge < -0.3 is 15.0 Å². The molecule has 1 saturated heterocycles. The number of carbonyl (C=O) groups is 1. The van der Waals surface area contributed by atoms with Crippen LogP contribution >= 0.6 is 27.3 Å². The molecule has 1 amide bonds. The Morgan fingerprint density at radius 1 is 1.15 bits per heavy atom. The zero-order valence-electron chi connectivity index (χ0n) is 18.1. The molecule has 0 bridgehead atoms. The van der Waals surface area contributed by atoms with Gasteiger partial charge in [0.15, 0.2) is 5.13 Å². The number of piperazine rings is 1. The van der Waals surface area contributed by atoms with E-state index in [0.29, 0.717) is 12.3 Å². The highest BCUT2D eigenvalue weighted by Gasteiger charge is 2.40. The Morgan fingerprint density at radius 2 is 1.85 bits per heavy atom. The fourth-order valence-electron chi connectivity index (χ4n) is 3.65. The molecule has 1 aliphatic heterocycles. The van der Waals surface area contributed by atoms with Crippen molar-refractivity contribution in [2.45, 2.75) is 10.9 Å². The Morgan fingerprint density at radius 3 is 2.48 bits per heavy atom. The molecule has 1 aromatic heterocycles. The number of nitrogens with zero attached hydrogens (tertiary/aromatic N) is 3. The molecule has 0 aliphatic carbocycles. The largest absolute Gasteiger partial charge is 0.497 e. The summed E-state index contributed by atoms with van der Waals surface area (Å²) < 4.78 is 34.1. The van der Waals surface area contributed by atoms with Crippen LogP contribution in [0.25, 0.3) is 11.3 Å². The van der Waals surface area contributed by atoms with E-state index in [-0.39, 0.29) is 23.9 Å². The minimum Gasteiger partial charge on any atom is -0.497 e. The minimum atomic E-state index is -3.87. The first-order chi connectivity index (χ1) is 15.8. The Bertz CT molecular complexity index is 1230. The summed E-state index contributed by atoms with van der Waals surface area (Å²) in [5, 5.41) is 5.32. The Labute approximate surface area is 205 Å². The molecule has 0 saturated carbocycles. The van der Waals surface area contributed by atoms with Gasteiger partial charge in [-0.2, -0.15) is 4.31 Å². The van der Waals surface area contributed by atoms with Crippen LogP contribution in [0.2, 0.25) is 0 Å². The lowest BCUT2D eigenvalue weighted by molar-refractivity contribution is -0.124. The molecule has 0 radical (unpaired) electrons. The van der Waals surface area contributed by atoms with Crippen LogP contribution in [0.15, 0.2) is 63.3 Å². The van der Waals surface area contributed by atoms with Crippen molar-refractivity contribution < 1.29 is 17.9 Å². The highest BCUT2D eigenvalue weighted by molar-refractivity contribution is 9.10. The number of nitrogens with one attached hydrogen (secondary N) is 1. The number of ether oxygens (including phenoxy) is 1. The van der Waals surface area contributed by atoms with E-state index < -0.39 is 16.1 Å². The normalized spacial score (nSPS) is 17.1. The fraction of sp³-hybridized carbons (Fsp3) is 0.273. The molecule has 2 aromatic carbocycles. The summed E-state index contributed by atoms with van der Waals surface area (Å²) in [6, 6.07) is 13.2. The second kappa shape index (κ2) is 9.80. The molecule has 1 fully saturated rings. The molecular formula is C22H23BrN4O4S2. The van der Waals surface area contributed by atoms with Gasteiger partial charge in [0.2, 0.25) is 15.9 Å². The Balaban J connectivity index is 1.58. The third-order valence-electron chi connectivity index (χ3n) is 5.45.